The average molecular weight is 396 g/mol. The lowest BCUT2D eigenvalue weighted by Gasteiger charge is -2.29. The van der Waals surface area contributed by atoms with E-state index in [4.69, 9.17) is 4.74 Å². The van der Waals surface area contributed by atoms with Crippen LogP contribution in [0.2, 0.25) is 0 Å². The number of carbonyl (C=O) groups is 1. The van der Waals surface area contributed by atoms with Gasteiger partial charge in [-0.05, 0) is 23.9 Å². The number of H-pyrrole nitrogens is 1. The molecular formula is C22H25N3O2S. The van der Waals surface area contributed by atoms with E-state index in [0.29, 0.717) is 12.2 Å². The van der Waals surface area contributed by atoms with Gasteiger partial charge in [0.15, 0.2) is 5.69 Å². The Labute approximate surface area is 169 Å². The van der Waals surface area contributed by atoms with Gasteiger partial charge in [-0.2, -0.15) is 5.10 Å². The van der Waals surface area contributed by atoms with Crippen LogP contribution in [0.3, 0.4) is 0 Å². The molecule has 6 heteroatoms. The number of aromatic amines is 1. The van der Waals surface area contributed by atoms with E-state index in [1.165, 1.54) is 4.88 Å². The summed E-state index contributed by atoms with van der Waals surface area (Å²) in [7, 11) is 1.67. The molecule has 1 unspecified atom stereocenters. The minimum atomic E-state index is -0.202. The average Bonchev–Trinajstić information content (AvgIpc) is 3.37. The SMILES string of the molecule is COc1ccccc1C1c2c(n[nH]c2C(C)(C)C)C(=O)N1CCc1cccs1. The van der Waals surface area contributed by atoms with Crippen molar-refractivity contribution in [1.82, 2.24) is 15.1 Å². The quantitative estimate of drug-likeness (QED) is 0.689. The fraction of sp³-hybridized carbons (Fsp3) is 0.364. The highest BCUT2D eigenvalue weighted by molar-refractivity contribution is 7.09. The van der Waals surface area contributed by atoms with E-state index < -0.39 is 0 Å². The number of hydrogen-bond donors (Lipinski definition) is 1. The maximum atomic E-state index is 13.3. The van der Waals surface area contributed by atoms with Gasteiger partial charge in [0, 0.05) is 33.7 Å². The number of carbonyl (C=O) groups excluding carboxylic acids is 1. The Kier molecular flexibility index (Phi) is 4.75. The number of nitrogens with zero attached hydrogens (tertiary/aromatic N) is 2. The molecule has 0 saturated heterocycles. The molecular weight excluding hydrogens is 370 g/mol. The van der Waals surface area contributed by atoms with Crippen LogP contribution in [0, 0.1) is 0 Å². The smallest absolute Gasteiger partial charge is 0.275 e. The Morgan fingerprint density at radius 1 is 1.21 bits per heavy atom. The van der Waals surface area contributed by atoms with Crippen LogP contribution < -0.4 is 4.74 Å². The largest absolute Gasteiger partial charge is 0.496 e. The predicted octanol–water partition coefficient (Wildman–Crippen LogP) is 4.57. The van der Waals surface area contributed by atoms with Crippen molar-refractivity contribution in [3.8, 4) is 5.75 Å². The first-order valence-corrected chi connectivity index (χ1v) is 10.3. The number of thiophene rings is 1. The summed E-state index contributed by atoms with van der Waals surface area (Å²) in [6.45, 7) is 7.05. The molecule has 1 aliphatic rings. The molecule has 28 heavy (non-hydrogen) atoms. The van der Waals surface area contributed by atoms with Gasteiger partial charge in [-0.15, -0.1) is 11.3 Å². The highest BCUT2D eigenvalue weighted by Crippen LogP contribution is 2.45. The zero-order chi connectivity index (χ0) is 19.9. The summed E-state index contributed by atoms with van der Waals surface area (Å²) in [6.07, 6.45) is 0.827. The maximum Gasteiger partial charge on any atom is 0.275 e. The van der Waals surface area contributed by atoms with E-state index in [9.17, 15) is 4.79 Å². The van der Waals surface area contributed by atoms with Crippen LogP contribution in [0.1, 0.15) is 59.0 Å². The number of methoxy groups -OCH3 is 1. The van der Waals surface area contributed by atoms with Crippen LogP contribution in [0.25, 0.3) is 0 Å². The molecule has 0 aliphatic carbocycles. The molecule has 3 aromatic rings. The lowest BCUT2D eigenvalue weighted by atomic mass is 9.85. The van der Waals surface area contributed by atoms with Gasteiger partial charge in [-0.3, -0.25) is 9.89 Å². The summed E-state index contributed by atoms with van der Waals surface area (Å²) in [5.74, 6) is 0.768. The van der Waals surface area contributed by atoms with E-state index >= 15 is 0 Å². The molecule has 5 nitrogen and oxygen atoms in total. The number of nitrogens with one attached hydrogen (secondary N) is 1. The Bertz CT molecular complexity index is 986. The second kappa shape index (κ2) is 7.09. The third-order valence-electron chi connectivity index (χ3n) is 5.22. The number of rotatable bonds is 5. The highest BCUT2D eigenvalue weighted by Gasteiger charge is 2.44. The van der Waals surface area contributed by atoms with Crippen molar-refractivity contribution in [2.45, 2.75) is 38.6 Å². The third-order valence-corrected chi connectivity index (χ3v) is 6.15. The number of hydrogen-bond acceptors (Lipinski definition) is 4. The number of para-hydroxylation sites is 1. The summed E-state index contributed by atoms with van der Waals surface area (Å²) in [5, 5.41) is 9.63. The lowest BCUT2D eigenvalue weighted by Crippen LogP contribution is -2.32. The second-order valence-corrected chi connectivity index (χ2v) is 9.12. The summed E-state index contributed by atoms with van der Waals surface area (Å²) in [4.78, 5) is 16.5. The molecule has 4 rings (SSSR count). The summed E-state index contributed by atoms with van der Waals surface area (Å²) in [5.41, 5.74) is 3.37. The van der Waals surface area contributed by atoms with Gasteiger partial charge in [0.1, 0.15) is 5.75 Å². The van der Waals surface area contributed by atoms with Gasteiger partial charge in [0.2, 0.25) is 0 Å². The van der Waals surface area contributed by atoms with Gasteiger partial charge >= 0.3 is 0 Å². The summed E-state index contributed by atoms with van der Waals surface area (Å²) >= 11 is 1.72. The summed E-state index contributed by atoms with van der Waals surface area (Å²) in [6, 6.07) is 11.9. The van der Waals surface area contributed by atoms with E-state index in [1.54, 1.807) is 18.4 Å². The predicted molar refractivity (Wildman–Crippen MR) is 111 cm³/mol. The molecule has 1 aromatic carbocycles. The van der Waals surface area contributed by atoms with Crippen molar-refractivity contribution < 1.29 is 9.53 Å². The number of amides is 1. The van der Waals surface area contributed by atoms with E-state index in [0.717, 1.165) is 29.0 Å². The second-order valence-electron chi connectivity index (χ2n) is 8.08. The molecule has 1 N–H and O–H groups in total. The topological polar surface area (TPSA) is 58.2 Å². The molecule has 2 aromatic heterocycles. The normalized spacial score (nSPS) is 16.5. The van der Waals surface area contributed by atoms with Crippen molar-refractivity contribution >= 4 is 17.2 Å². The minimum Gasteiger partial charge on any atom is -0.496 e. The first-order valence-electron chi connectivity index (χ1n) is 9.47. The van der Waals surface area contributed by atoms with Crippen LogP contribution in [-0.4, -0.2) is 34.7 Å². The van der Waals surface area contributed by atoms with Crippen molar-refractivity contribution in [2.75, 3.05) is 13.7 Å². The molecule has 0 spiro atoms. The maximum absolute atomic E-state index is 13.3. The van der Waals surface area contributed by atoms with Gasteiger partial charge in [0.05, 0.1) is 13.2 Å². The zero-order valence-corrected chi connectivity index (χ0v) is 17.5. The number of fused-ring (bicyclic) bond motifs is 1. The monoisotopic (exact) mass is 395 g/mol. The molecule has 146 valence electrons. The van der Waals surface area contributed by atoms with E-state index in [-0.39, 0.29) is 17.4 Å². The molecule has 0 bridgehead atoms. The van der Waals surface area contributed by atoms with Gasteiger partial charge in [0.25, 0.3) is 5.91 Å². The number of benzene rings is 1. The van der Waals surface area contributed by atoms with Crippen molar-refractivity contribution in [2.24, 2.45) is 0 Å². The van der Waals surface area contributed by atoms with E-state index in [1.807, 2.05) is 35.2 Å². The molecule has 0 fully saturated rings. The fourth-order valence-corrected chi connectivity index (χ4v) is 4.59. The van der Waals surface area contributed by atoms with Crippen LogP contribution in [0.15, 0.2) is 41.8 Å². The van der Waals surface area contributed by atoms with Crippen LogP contribution >= 0.6 is 11.3 Å². The number of ether oxygens (including phenoxy) is 1. The molecule has 0 radical (unpaired) electrons. The molecule has 1 amide bonds. The van der Waals surface area contributed by atoms with Crippen LogP contribution in [0.5, 0.6) is 5.75 Å². The molecule has 0 saturated carbocycles. The molecule has 1 atom stereocenters. The standard InChI is InChI=1S/C22H25N3O2S/c1-22(2,3)20-17-18(23-24-20)21(26)25(12-11-14-8-7-13-28-14)19(17)15-9-5-6-10-16(15)27-4/h5-10,13,19H,11-12H2,1-4H3,(H,23,24). The van der Waals surface area contributed by atoms with E-state index in [2.05, 4.69) is 42.4 Å². The van der Waals surface area contributed by atoms with Gasteiger partial charge in [-0.25, -0.2) is 0 Å². The Morgan fingerprint density at radius 3 is 2.68 bits per heavy atom. The van der Waals surface area contributed by atoms with Gasteiger partial charge in [-0.1, -0.05) is 45.0 Å². The fourth-order valence-electron chi connectivity index (χ4n) is 3.89. The summed E-state index contributed by atoms with van der Waals surface area (Å²) < 4.78 is 5.64. The molecule has 1 aliphatic heterocycles. The minimum absolute atomic E-state index is 0.0192. The van der Waals surface area contributed by atoms with Crippen molar-refractivity contribution in [3.63, 3.8) is 0 Å². The Hall–Kier alpha value is -2.60. The van der Waals surface area contributed by atoms with Crippen LogP contribution in [-0.2, 0) is 11.8 Å². The molecule has 3 heterocycles. The number of aromatic nitrogens is 2. The lowest BCUT2D eigenvalue weighted by molar-refractivity contribution is 0.0744. The Balaban J connectivity index is 1.81. The first kappa shape index (κ1) is 18.7. The van der Waals surface area contributed by atoms with Crippen LogP contribution in [0.4, 0.5) is 0 Å². The van der Waals surface area contributed by atoms with Crippen molar-refractivity contribution in [1.29, 1.82) is 0 Å². The Morgan fingerprint density at radius 2 is 2.00 bits per heavy atom. The highest BCUT2D eigenvalue weighted by atomic mass is 32.1. The van der Waals surface area contributed by atoms with Crippen molar-refractivity contribution in [3.05, 3.63) is 69.2 Å². The zero-order valence-electron chi connectivity index (χ0n) is 16.7. The first-order chi connectivity index (χ1) is 13.4. The third kappa shape index (κ3) is 3.11. The van der Waals surface area contributed by atoms with Gasteiger partial charge < -0.3 is 9.64 Å².